The molecule has 40 heavy (non-hydrogen) atoms. The molecule has 0 spiro atoms. The van der Waals surface area contributed by atoms with Gasteiger partial charge in [0.25, 0.3) is 0 Å². The zero-order valence-corrected chi connectivity index (χ0v) is 23.3. The molecule has 1 aromatic carbocycles. The van der Waals surface area contributed by atoms with E-state index in [4.69, 9.17) is 16.6 Å². The van der Waals surface area contributed by atoms with Crippen LogP contribution in [0.15, 0.2) is 55.0 Å². The fourth-order valence-electron chi connectivity index (χ4n) is 5.65. The summed E-state index contributed by atoms with van der Waals surface area (Å²) >= 11 is 6.12. The summed E-state index contributed by atoms with van der Waals surface area (Å²) in [6, 6.07) is 11.8. The molecule has 4 aromatic rings. The molecule has 2 saturated carbocycles. The van der Waals surface area contributed by atoms with E-state index in [0.717, 1.165) is 49.5 Å². The third-order valence-corrected chi connectivity index (χ3v) is 8.47. The van der Waals surface area contributed by atoms with Crippen LogP contribution >= 0.6 is 11.6 Å². The quantitative estimate of drug-likeness (QED) is 0.323. The number of hydrogen-bond donors (Lipinski definition) is 2. The lowest BCUT2D eigenvalue weighted by Crippen LogP contribution is -2.44. The monoisotopic (exact) mass is 556 g/mol. The van der Waals surface area contributed by atoms with E-state index in [0.29, 0.717) is 29.3 Å². The smallest absolute Gasteiger partial charge is 0.229 e. The third-order valence-electron chi connectivity index (χ3n) is 8.23. The van der Waals surface area contributed by atoms with Crippen molar-refractivity contribution < 1.29 is 4.79 Å². The topological polar surface area (TPSA) is 90.7 Å². The second kappa shape index (κ2) is 10.4. The van der Waals surface area contributed by atoms with Gasteiger partial charge in [-0.15, -0.1) is 0 Å². The average molecular weight is 557 g/mol. The standard InChI is InChI=1S/C30H33ClN8O/c1-37-9-11-38(12-10-37)26-14-21(19-5-6-19)17-39-18-23(34-28(26)39)16-33-30-32-8-7-27(36-30)35-29(40)25-15-24(25)20-3-2-4-22(31)13-20/h2-4,7-8,13-14,17-19,24-25H,5-6,9-12,15-16H2,1H3,(H2,32,33,35,36,40)/t24-,25+/m1/s1. The molecule has 1 amide bonds. The van der Waals surface area contributed by atoms with Gasteiger partial charge in [0.2, 0.25) is 11.9 Å². The number of nitrogens with one attached hydrogen (secondary N) is 2. The van der Waals surface area contributed by atoms with Gasteiger partial charge < -0.3 is 24.8 Å². The Kier molecular flexibility index (Phi) is 6.56. The number of fused-ring (bicyclic) bond motifs is 1. The Labute approximate surface area is 238 Å². The van der Waals surface area contributed by atoms with Crippen LogP contribution in [0.3, 0.4) is 0 Å². The summed E-state index contributed by atoms with van der Waals surface area (Å²) in [7, 11) is 2.18. The van der Waals surface area contributed by atoms with Crippen LogP contribution in [-0.4, -0.2) is 63.4 Å². The second-order valence-corrected chi connectivity index (χ2v) is 11.7. The van der Waals surface area contributed by atoms with Gasteiger partial charge in [-0.1, -0.05) is 23.7 Å². The zero-order valence-electron chi connectivity index (χ0n) is 22.6. The number of rotatable bonds is 8. The van der Waals surface area contributed by atoms with Crippen molar-refractivity contribution in [3.8, 4) is 0 Å². The van der Waals surface area contributed by atoms with Crippen LogP contribution in [-0.2, 0) is 11.3 Å². The number of piperazine rings is 1. The maximum Gasteiger partial charge on any atom is 0.229 e. The summed E-state index contributed by atoms with van der Waals surface area (Å²) in [4.78, 5) is 31.6. The van der Waals surface area contributed by atoms with Crippen molar-refractivity contribution in [1.82, 2.24) is 24.3 Å². The molecule has 7 rings (SSSR count). The van der Waals surface area contributed by atoms with Gasteiger partial charge in [0.05, 0.1) is 17.9 Å². The molecule has 2 atom stereocenters. The molecule has 4 heterocycles. The SMILES string of the molecule is CN1CCN(c2cc(C3CC3)cn3cc(CNc4nccc(NC(=O)[C@H]5C[C@@H]5c5cccc(Cl)c5)n4)nc23)CC1. The number of nitrogens with zero attached hydrogens (tertiary/aromatic N) is 6. The zero-order chi connectivity index (χ0) is 27.2. The molecule has 9 nitrogen and oxygen atoms in total. The number of benzene rings is 1. The first-order chi connectivity index (χ1) is 19.5. The largest absolute Gasteiger partial charge is 0.366 e. The molecule has 0 radical (unpaired) electrons. The van der Waals surface area contributed by atoms with E-state index in [1.165, 1.54) is 24.1 Å². The summed E-state index contributed by atoms with van der Waals surface area (Å²) < 4.78 is 2.18. The van der Waals surface area contributed by atoms with Crippen LogP contribution in [0.4, 0.5) is 17.5 Å². The minimum atomic E-state index is -0.0714. The number of hydrogen-bond acceptors (Lipinski definition) is 7. The first-order valence-electron chi connectivity index (χ1n) is 14.1. The minimum Gasteiger partial charge on any atom is -0.366 e. The van der Waals surface area contributed by atoms with Crippen molar-refractivity contribution in [2.75, 3.05) is 48.8 Å². The van der Waals surface area contributed by atoms with Crippen molar-refractivity contribution in [3.05, 3.63) is 76.8 Å². The van der Waals surface area contributed by atoms with Crippen LogP contribution < -0.4 is 15.5 Å². The van der Waals surface area contributed by atoms with Gasteiger partial charge in [-0.3, -0.25) is 4.79 Å². The van der Waals surface area contributed by atoms with Crippen molar-refractivity contribution >= 4 is 40.6 Å². The summed E-state index contributed by atoms with van der Waals surface area (Å²) in [6.07, 6.45) is 9.34. The Morgan fingerprint density at radius 3 is 2.70 bits per heavy atom. The lowest BCUT2D eigenvalue weighted by molar-refractivity contribution is -0.117. The van der Waals surface area contributed by atoms with Crippen LogP contribution in [0.1, 0.15) is 47.9 Å². The third kappa shape index (κ3) is 5.36. The number of imidazole rings is 1. The Hall–Kier alpha value is -3.69. The molecule has 0 unspecified atom stereocenters. The molecule has 206 valence electrons. The highest BCUT2D eigenvalue weighted by atomic mass is 35.5. The van der Waals surface area contributed by atoms with E-state index in [1.807, 2.05) is 24.3 Å². The number of carbonyl (C=O) groups excluding carboxylic acids is 1. The molecule has 3 aromatic heterocycles. The number of halogens is 1. The maximum atomic E-state index is 12.8. The first-order valence-corrected chi connectivity index (χ1v) is 14.5. The van der Waals surface area contributed by atoms with Gasteiger partial charge >= 0.3 is 0 Å². The van der Waals surface area contributed by atoms with E-state index in [1.54, 1.807) is 12.3 Å². The lowest BCUT2D eigenvalue weighted by atomic mass is 10.1. The Morgan fingerprint density at radius 1 is 1.05 bits per heavy atom. The highest BCUT2D eigenvalue weighted by molar-refractivity contribution is 6.30. The van der Waals surface area contributed by atoms with Crippen molar-refractivity contribution in [2.24, 2.45) is 5.92 Å². The molecule has 3 fully saturated rings. The Bertz CT molecular complexity index is 1560. The van der Waals surface area contributed by atoms with E-state index in [2.05, 4.69) is 60.3 Å². The Morgan fingerprint density at radius 2 is 1.90 bits per heavy atom. The number of likely N-dealkylation sites (N-methyl/N-ethyl adjacent to an activating group) is 1. The number of carbonyl (C=O) groups is 1. The summed E-state index contributed by atoms with van der Waals surface area (Å²) in [5, 5.41) is 6.94. The van der Waals surface area contributed by atoms with E-state index in [9.17, 15) is 4.79 Å². The van der Waals surface area contributed by atoms with Gasteiger partial charge in [0, 0.05) is 55.7 Å². The Balaban J connectivity index is 1.03. The normalized spacial score (nSPS) is 21.0. The number of amides is 1. The van der Waals surface area contributed by atoms with Gasteiger partial charge in [-0.05, 0) is 73.5 Å². The lowest BCUT2D eigenvalue weighted by Gasteiger charge is -2.34. The van der Waals surface area contributed by atoms with Gasteiger partial charge in [0.15, 0.2) is 5.65 Å². The number of anilines is 3. The summed E-state index contributed by atoms with van der Waals surface area (Å²) in [5.41, 5.74) is 5.64. The first kappa shape index (κ1) is 25.3. The molecule has 1 saturated heterocycles. The van der Waals surface area contributed by atoms with E-state index >= 15 is 0 Å². The number of aromatic nitrogens is 4. The molecule has 1 aliphatic heterocycles. The van der Waals surface area contributed by atoms with Crippen LogP contribution in [0, 0.1) is 5.92 Å². The van der Waals surface area contributed by atoms with E-state index < -0.39 is 0 Å². The van der Waals surface area contributed by atoms with Crippen LogP contribution in [0.5, 0.6) is 0 Å². The highest BCUT2D eigenvalue weighted by Crippen LogP contribution is 2.48. The maximum absolute atomic E-state index is 12.8. The molecule has 3 aliphatic rings. The molecule has 2 aliphatic carbocycles. The summed E-state index contributed by atoms with van der Waals surface area (Å²) in [6.45, 7) is 4.61. The van der Waals surface area contributed by atoms with Crippen LogP contribution in [0.2, 0.25) is 5.02 Å². The molecular weight excluding hydrogens is 524 g/mol. The highest BCUT2D eigenvalue weighted by Gasteiger charge is 2.44. The molecule has 2 N–H and O–H groups in total. The second-order valence-electron chi connectivity index (χ2n) is 11.3. The fourth-order valence-corrected chi connectivity index (χ4v) is 5.85. The minimum absolute atomic E-state index is 0.0297. The fraction of sp³-hybridized carbons (Fsp3) is 0.400. The van der Waals surface area contributed by atoms with Gasteiger partial charge in [-0.2, -0.15) is 4.98 Å². The van der Waals surface area contributed by atoms with Crippen LogP contribution in [0.25, 0.3) is 5.65 Å². The van der Waals surface area contributed by atoms with E-state index in [-0.39, 0.29) is 17.7 Å². The van der Waals surface area contributed by atoms with Crippen molar-refractivity contribution in [3.63, 3.8) is 0 Å². The van der Waals surface area contributed by atoms with Gasteiger partial charge in [0.1, 0.15) is 5.82 Å². The van der Waals surface area contributed by atoms with Gasteiger partial charge in [-0.25, -0.2) is 9.97 Å². The molecular formula is C30H33ClN8O. The molecule has 10 heteroatoms. The summed E-state index contributed by atoms with van der Waals surface area (Å²) in [5.74, 6) is 1.71. The number of pyridine rings is 1. The predicted molar refractivity (Wildman–Crippen MR) is 157 cm³/mol. The van der Waals surface area contributed by atoms with Crippen molar-refractivity contribution in [1.29, 1.82) is 0 Å². The molecule has 0 bridgehead atoms. The predicted octanol–water partition coefficient (Wildman–Crippen LogP) is 4.76. The van der Waals surface area contributed by atoms with Crippen molar-refractivity contribution in [2.45, 2.75) is 37.6 Å². The average Bonchev–Trinajstić information content (AvgIpc) is 3.88.